The Morgan fingerprint density at radius 1 is 1.07 bits per heavy atom. The highest BCUT2D eigenvalue weighted by Gasteiger charge is 2.15. The lowest BCUT2D eigenvalue weighted by Gasteiger charge is -2.17. The molecule has 3 rings (SSSR count). The first-order chi connectivity index (χ1) is 13.6. The molecule has 0 saturated carbocycles. The Balaban J connectivity index is 1.78. The number of rotatable bonds is 7. The van der Waals surface area contributed by atoms with Crippen LogP contribution in [0.4, 0.5) is 0 Å². The van der Waals surface area contributed by atoms with E-state index < -0.39 is 6.04 Å². The quantitative estimate of drug-likeness (QED) is 0.660. The number of aromatic nitrogens is 1. The minimum atomic E-state index is -0.420. The number of pyridine rings is 1. The smallest absolute Gasteiger partial charge is 0.255 e. The van der Waals surface area contributed by atoms with Crippen LogP contribution in [0.1, 0.15) is 15.9 Å². The zero-order valence-electron chi connectivity index (χ0n) is 15.5. The fourth-order valence-electron chi connectivity index (χ4n) is 2.89. The number of aliphatic hydroxyl groups excluding tert-OH is 1. The summed E-state index contributed by atoms with van der Waals surface area (Å²) in [4.78, 5) is 24.9. The summed E-state index contributed by atoms with van der Waals surface area (Å²) in [7, 11) is 1.57. The van der Waals surface area contributed by atoms with Crippen molar-refractivity contribution < 1.29 is 14.6 Å². The number of carbonyl (C=O) groups excluding carboxylic acids is 1. The van der Waals surface area contributed by atoms with Crippen LogP contribution in [-0.2, 0) is 6.42 Å². The number of ether oxygens (including phenoxy) is 1. The first-order valence-corrected chi connectivity index (χ1v) is 8.93. The third kappa shape index (κ3) is 4.66. The van der Waals surface area contributed by atoms with Crippen molar-refractivity contribution in [2.24, 2.45) is 0 Å². The molecule has 1 heterocycles. The molecule has 28 heavy (non-hydrogen) atoms. The van der Waals surface area contributed by atoms with E-state index in [1.54, 1.807) is 31.4 Å². The molecular weight excluding hydrogens is 356 g/mol. The number of amides is 1. The molecule has 0 bridgehead atoms. The number of carbonyl (C=O) groups is 1. The minimum absolute atomic E-state index is 0.182. The summed E-state index contributed by atoms with van der Waals surface area (Å²) in [5, 5.41) is 12.5. The fraction of sp³-hybridized carbons (Fsp3) is 0.182. The van der Waals surface area contributed by atoms with Crippen LogP contribution in [0.25, 0.3) is 5.69 Å². The molecule has 0 aliphatic heterocycles. The van der Waals surface area contributed by atoms with Crippen molar-refractivity contribution in [3.05, 3.63) is 94.4 Å². The highest BCUT2D eigenvalue weighted by Crippen LogP contribution is 2.14. The highest BCUT2D eigenvalue weighted by atomic mass is 16.5. The Morgan fingerprint density at radius 2 is 1.79 bits per heavy atom. The average molecular weight is 378 g/mol. The molecule has 3 aromatic rings. The van der Waals surface area contributed by atoms with Crippen LogP contribution in [-0.4, -0.2) is 35.3 Å². The van der Waals surface area contributed by atoms with Crippen LogP contribution in [0.3, 0.4) is 0 Å². The Bertz CT molecular complexity index is 981. The van der Waals surface area contributed by atoms with Gasteiger partial charge in [0.25, 0.3) is 11.5 Å². The second kappa shape index (κ2) is 9.01. The number of aliphatic hydroxyl groups is 1. The molecule has 1 aromatic heterocycles. The third-order valence-electron chi connectivity index (χ3n) is 4.40. The van der Waals surface area contributed by atoms with Crippen LogP contribution < -0.4 is 15.6 Å². The lowest BCUT2D eigenvalue weighted by atomic mass is 10.1. The summed E-state index contributed by atoms with van der Waals surface area (Å²) in [6.07, 6.45) is 2.01. The lowest BCUT2D eigenvalue weighted by molar-refractivity contribution is 0.0916. The van der Waals surface area contributed by atoms with Gasteiger partial charge >= 0.3 is 0 Å². The van der Waals surface area contributed by atoms with Crippen LogP contribution >= 0.6 is 0 Å². The summed E-state index contributed by atoms with van der Waals surface area (Å²) in [6, 6.07) is 19.0. The van der Waals surface area contributed by atoms with Gasteiger partial charge in [-0.1, -0.05) is 30.3 Å². The van der Waals surface area contributed by atoms with Crippen LogP contribution in [0.5, 0.6) is 5.75 Å². The molecule has 0 radical (unpaired) electrons. The number of benzene rings is 2. The SMILES string of the molecule is COc1ccc(-n2cc(C(=O)NC(CO)Cc3ccccc3)ccc2=O)cc1. The Morgan fingerprint density at radius 3 is 2.43 bits per heavy atom. The normalized spacial score (nSPS) is 11.6. The van der Waals surface area contributed by atoms with Crippen LogP contribution in [0.2, 0.25) is 0 Å². The molecule has 0 aliphatic carbocycles. The van der Waals surface area contributed by atoms with Crippen molar-refractivity contribution >= 4 is 5.91 Å². The zero-order valence-corrected chi connectivity index (χ0v) is 15.5. The van der Waals surface area contributed by atoms with E-state index in [0.717, 1.165) is 5.56 Å². The Hall–Kier alpha value is -3.38. The maximum Gasteiger partial charge on any atom is 0.255 e. The molecule has 0 spiro atoms. The molecule has 0 fully saturated rings. The van der Waals surface area contributed by atoms with Crippen molar-refractivity contribution in [3.8, 4) is 11.4 Å². The standard InChI is InChI=1S/C22H22N2O4/c1-28-20-10-8-19(9-11-20)24-14-17(7-12-21(24)26)22(27)23-18(15-25)13-16-5-3-2-4-6-16/h2-12,14,18,25H,13,15H2,1H3,(H,23,27). The van der Waals surface area contributed by atoms with E-state index in [1.165, 1.54) is 22.9 Å². The maximum atomic E-state index is 12.6. The van der Waals surface area contributed by atoms with Gasteiger partial charge in [0.15, 0.2) is 0 Å². The summed E-state index contributed by atoms with van der Waals surface area (Å²) in [5.74, 6) is 0.328. The average Bonchev–Trinajstić information content (AvgIpc) is 2.74. The predicted octanol–water partition coefficient (Wildman–Crippen LogP) is 2.18. The lowest BCUT2D eigenvalue weighted by Crippen LogP contribution is -2.39. The molecule has 144 valence electrons. The van der Waals surface area contributed by atoms with Crippen molar-refractivity contribution in [3.63, 3.8) is 0 Å². The number of methoxy groups -OCH3 is 1. The minimum Gasteiger partial charge on any atom is -0.497 e. The molecular formula is C22H22N2O4. The van der Waals surface area contributed by atoms with Crippen LogP contribution in [0, 0.1) is 0 Å². The predicted molar refractivity (Wildman–Crippen MR) is 107 cm³/mol. The van der Waals surface area contributed by atoms with Crippen LogP contribution in [0.15, 0.2) is 77.7 Å². The highest BCUT2D eigenvalue weighted by molar-refractivity contribution is 5.94. The van der Waals surface area contributed by atoms with Crippen molar-refractivity contribution in [2.45, 2.75) is 12.5 Å². The zero-order chi connectivity index (χ0) is 19.9. The Labute approximate surface area is 163 Å². The largest absolute Gasteiger partial charge is 0.497 e. The second-order valence-electron chi connectivity index (χ2n) is 6.37. The van der Waals surface area contributed by atoms with Gasteiger partial charge in [-0.15, -0.1) is 0 Å². The molecule has 2 aromatic carbocycles. The first-order valence-electron chi connectivity index (χ1n) is 8.93. The summed E-state index contributed by atoms with van der Waals surface area (Å²) in [6.45, 7) is -0.182. The van der Waals surface area contributed by atoms with Gasteiger partial charge in [-0.3, -0.25) is 14.2 Å². The summed E-state index contributed by atoms with van der Waals surface area (Å²) < 4.78 is 6.53. The Kier molecular flexibility index (Phi) is 6.24. The van der Waals surface area contributed by atoms with Gasteiger partial charge in [0, 0.05) is 18.0 Å². The van der Waals surface area contributed by atoms with E-state index in [0.29, 0.717) is 23.4 Å². The maximum absolute atomic E-state index is 12.6. The van der Waals surface area contributed by atoms with Crippen molar-refractivity contribution in [2.75, 3.05) is 13.7 Å². The van der Waals surface area contributed by atoms with Crippen molar-refractivity contribution in [1.29, 1.82) is 0 Å². The number of nitrogens with one attached hydrogen (secondary N) is 1. The molecule has 2 N–H and O–H groups in total. The van der Waals surface area contributed by atoms with E-state index in [2.05, 4.69) is 5.32 Å². The van der Waals surface area contributed by atoms with E-state index in [1.807, 2.05) is 30.3 Å². The third-order valence-corrected chi connectivity index (χ3v) is 4.40. The molecule has 1 amide bonds. The van der Waals surface area contributed by atoms with Gasteiger partial charge in [-0.25, -0.2) is 0 Å². The topological polar surface area (TPSA) is 80.6 Å². The number of hydrogen-bond donors (Lipinski definition) is 2. The summed E-state index contributed by atoms with van der Waals surface area (Å²) >= 11 is 0. The fourth-order valence-corrected chi connectivity index (χ4v) is 2.89. The molecule has 0 saturated heterocycles. The van der Waals surface area contributed by atoms with Gasteiger partial charge in [-0.2, -0.15) is 0 Å². The van der Waals surface area contributed by atoms with Gasteiger partial charge in [-0.05, 0) is 42.3 Å². The van der Waals surface area contributed by atoms with E-state index in [4.69, 9.17) is 4.74 Å². The van der Waals surface area contributed by atoms with Gasteiger partial charge in [0.05, 0.1) is 25.3 Å². The second-order valence-corrected chi connectivity index (χ2v) is 6.37. The van der Waals surface area contributed by atoms with E-state index in [9.17, 15) is 14.7 Å². The van der Waals surface area contributed by atoms with Gasteiger partial charge in [0.2, 0.25) is 0 Å². The molecule has 1 unspecified atom stereocenters. The first kappa shape index (κ1) is 19.4. The molecule has 6 heteroatoms. The monoisotopic (exact) mass is 378 g/mol. The number of hydrogen-bond acceptors (Lipinski definition) is 4. The number of nitrogens with zero attached hydrogens (tertiary/aromatic N) is 1. The molecule has 1 atom stereocenters. The van der Waals surface area contributed by atoms with Gasteiger partial charge in [0.1, 0.15) is 5.75 Å². The molecule has 6 nitrogen and oxygen atoms in total. The van der Waals surface area contributed by atoms with E-state index in [-0.39, 0.29) is 18.1 Å². The van der Waals surface area contributed by atoms with Gasteiger partial charge < -0.3 is 15.2 Å². The summed E-state index contributed by atoms with van der Waals surface area (Å²) in [5.41, 5.74) is 1.74. The molecule has 0 aliphatic rings. The van der Waals surface area contributed by atoms with Crippen molar-refractivity contribution in [1.82, 2.24) is 9.88 Å². The van der Waals surface area contributed by atoms with E-state index >= 15 is 0 Å².